The number of aromatic nitrogens is 2. The van der Waals surface area contributed by atoms with Gasteiger partial charge in [-0.2, -0.15) is 5.10 Å². The highest BCUT2D eigenvalue weighted by Crippen LogP contribution is 2.39. The zero-order valence-corrected chi connectivity index (χ0v) is 12.1. The lowest BCUT2D eigenvalue weighted by Gasteiger charge is -2.37. The molecule has 0 amide bonds. The van der Waals surface area contributed by atoms with Gasteiger partial charge >= 0.3 is 0 Å². The van der Waals surface area contributed by atoms with Crippen LogP contribution in [0, 0.1) is 5.41 Å². The van der Waals surface area contributed by atoms with E-state index in [0.717, 1.165) is 6.54 Å². The van der Waals surface area contributed by atoms with Crippen molar-refractivity contribution < 1.29 is 0 Å². The Morgan fingerprint density at radius 3 is 2.79 bits per heavy atom. The van der Waals surface area contributed by atoms with Gasteiger partial charge in [-0.05, 0) is 69.8 Å². The number of hydrogen-bond donors (Lipinski definition) is 1. The molecule has 2 aliphatic rings. The number of likely N-dealkylation sites (tertiary alicyclic amines) is 1. The minimum Gasteiger partial charge on any atom is -0.317 e. The number of nitrogens with zero attached hydrogens (tertiary/aromatic N) is 3. The van der Waals surface area contributed by atoms with Gasteiger partial charge in [0.2, 0.25) is 0 Å². The second-order valence-electron chi connectivity index (χ2n) is 6.33. The second kappa shape index (κ2) is 5.63. The third kappa shape index (κ3) is 3.00. The summed E-state index contributed by atoms with van der Waals surface area (Å²) >= 11 is 0. The van der Waals surface area contributed by atoms with Gasteiger partial charge in [0.15, 0.2) is 0 Å². The van der Waals surface area contributed by atoms with Crippen molar-refractivity contribution >= 4 is 0 Å². The summed E-state index contributed by atoms with van der Waals surface area (Å²) in [6.07, 6.45) is 8.83. The van der Waals surface area contributed by atoms with Crippen LogP contribution in [0.15, 0.2) is 12.3 Å². The quantitative estimate of drug-likeness (QED) is 0.882. The summed E-state index contributed by atoms with van der Waals surface area (Å²) in [6.45, 7) is 6.01. The van der Waals surface area contributed by atoms with Crippen LogP contribution in [0.4, 0.5) is 0 Å². The predicted molar refractivity (Wildman–Crippen MR) is 76.9 cm³/mol. The van der Waals surface area contributed by atoms with E-state index in [4.69, 9.17) is 0 Å². The molecule has 1 aromatic heterocycles. The monoisotopic (exact) mass is 262 g/mol. The Morgan fingerprint density at radius 2 is 2.05 bits per heavy atom. The Hall–Kier alpha value is -0.870. The smallest absolute Gasteiger partial charge is 0.0521 e. The van der Waals surface area contributed by atoms with Crippen molar-refractivity contribution in [3.05, 3.63) is 18.0 Å². The van der Waals surface area contributed by atoms with E-state index in [1.807, 2.05) is 17.9 Å². The molecular weight excluding hydrogens is 236 g/mol. The molecule has 2 fully saturated rings. The van der Waals surface area contributed by atoms with E-state index in [2.05, 4.69) is 21.4 Å². The van der Waals surface area contributed by atoms with Gasteiger partial charge in [0, 0.05) is 19.8 Å². The molecule has 0 bridgehead atoms. The topological polar surface area (TPSA) is 33.1 Å². The van der Waals surface area contributed by atoms with E-state index in [-0.39, 0.29) is 0 Å². The molecule has 0 unspecified atom stereocenters. The first-order valence-electron chi connectivity index (χ1n) is 7.67. The van der Waals surface area contributed by atoms with Crippen LogP contribution in [0.1, 0.15) is 37.8 Å². The van der Waals surface area contributed by atoms with E-state index >= 15 is 0 Å². The molecule has 3 heterocycles. The Morgan fingerprint density at radius 1 is 1.21 bits per heavy atom. The number of hydrogen-bond acceptors (Lipinski definition) is 3. The summed E-state index contributed by atoms with van der Waals surface area (Å²) in [5.74, 6) is 0. The fourth-order valence-corrected chi connectivity index (χ4v) is 3.71. The van der Waals surface area contributed by atoms with E-state index in [1.54, 1.807) is 0 Å². The predicted octanol–water partition coefficient (Wildman–Crippen LogP) is 1.78. The number of aryl methyl sites for hydroxylation is 1. The average molecular weight is 262 g/mol. The first-order chi connectivity index (χ1) is 9.27. The first kappa shape index (κ1) is 13.1. The van der Waals surface area contributed by atoms with Crippen LogP contribution in [0.2, 0.25) is 0 Å². The van der Waals surface area contributed by atoms with Crippen molar-refractivity contribution in [1.29, 1.82) is 0 Å². The van der Waals surface area contributed by atoms with Crippen LogP contribution in [-0.2, 0) is 13.6 Å². The lowest BCUT2D eigenvalue weighted by atomic mass is 9.73. The zero-order valence-electron chi connectivity index (χ0n) is 12.1. The highest BCUT2D eigenvalue weighted by Gasteiger charge is 2.33. The van der Waals surface area contributed by atoms with Gasteiger partial charge in [0.1, 0.15) is 0 Å². The first-order valence-corrected chi connectivity index (χ1v) is 7.67. The highest BCUT2D eigenvalue weighted by atomic mass is 15.3. The van der Waals surface area contributed by atoms with Crippen molar-refractivity contribution in [3.8, 4) is 0 Å². The number of rotatable bonds is 2. The molecule has 106 valence electrons. The maximum Gasteiger partial charge on any atom is 0.0521 e. The molecule has 4 heteroatoms. The van der Waals surface area contributed by atoms with E-state index in [1.165, 1.54) is 64.0 Å². The fourth-order valence-electron chi connectivity index (χ4n) is 3.71. The Labute approximate surface area is 116 Å². The molecule has 0 aromatic carbocycles. The zero-order chi connectivity index (χ0) is 13.1. The lowest BCUT2D eigenvalue weighted by Crippen LogP contribution is -2.37. The van der Waals surface area contributed by atoms with Gasteiger partial charge in [-0.1, -0.05) is 0 Å². The van der Waals surface area contributed by atoms with Crippen molar-refractivity contribution in [2.45, 2.75) is 38.6 Å². The molecular formula is C15H26N4. The molecule has 2 aliphatic heterocycles. The fraction of sp³-hybridized carbons (Fsp3) is 0.800. The van der Waals surface area contributed by atoms with Crippen molar-refractivity contribution in [2.24, 2.45) is 12.5 Å². The average Bonchev–Trinajstić information content (AvgIpc) is 2.72. The molecule has 1 spiro atoms. The molecule has 19 heavy (non-hydrogen) atoms. The van der Waals surface area contributed by atoms with E-state index in [0.29, 0.717) is 5.41 Å². The highest BCUT2D eigenvalue weighted by molar-refractivity contribution is 5.00. The summed E-state index contributed by atoms with van der Waals surface area (Å²) in [5.41, 5.74) is 1.98. The van der Waals surface area contributed by atoms with Gasteiger partial charge < -0.3 is 5.32 Å². The van der Waals surface area contributed by atoms with Gasteiger partial charge in [-0.3, -0.25) is 9.58 Å². The van der Waals surface area contributed by atoms with Crippen LogP contribution in [-0.4, -0.2) is 40.9 Å². The summed E-state index contributed by atoms with van der Waals surface area (Å²) in [6, 6.07) is 2.14. The van der Waals surface area contributed by atoms with Crippen molar-refractivity contribution in [1.82, 2.24) is 20.0 Å². The van der Waals surface area contributed by atoms with Crippen LogP contribution >= 0.6 is 0 Å². The summed E-state index contributed by atoms with van der Waals surface area (Å²) in [4.78, 5) is 2.62. The van der Waals surface area contributed by atoms with Crippen LogP contribution < -0.4 is 5.32 Å². The van der Waals surface area contributed by atoms with Gasteiger partial charge in [-0.25, -0.2) is 0 Å². The molecule has 0 aliphatic carbocycles. The normalized spacial score (nSPS) is 24.5. The Kier molecular flexibility index (Phi) is 3.89. The molecule has 0 atom stereocenters. The van der Waals surface area contributed by atoms with Gasteiger partial charge in [-0.15, -0.1) is 0 Å². The molecule has 2 saturated heterocycles. The number of nitrogens with one attached hydrogen (secondary N) is 1. The Balaban J connectivity index is 1.59. The SMILES string of the molecule is Cn1nccc1CN1CCCC2(CCNCC2)CC1. The third-order valence-electron chi connectivity index (χ3n) is 5.11. The van der Waals surface area contributed by atoms with Gasteiger partial charge in [0.25, 0.3) is 0 Å². The minimum absolute atomic E-state index is 0.645. The summed E-state index contributed by atoms with van der Waals surface area (Å²) < 4.78 is 2.01. The van der Waals surface area contributed by atoms with Crippen molar-refractivity contribution in [3.63, 3.8) is 0 Å². The minimum atomic E-state index is 0.645. The molecule has 4 nitrogen and oxygen atoms in total. The van der Waals surface area contributed by atoms with Crippen molar-refractivity contribution in [2.75, 3.05) is 26.2 Å². The molecule has 1 N–H and O–H groups in total. The van der Waals surface area contributed by atoms with Crippen LogP contribution in [0.25, 0.3) is 0 Å². The summed E-state index contributed by atoms with van der Waals surface area (Å²) in [5, 5.41) is 7.78. The number of piperidine rings is 1. The summed E-state index contributed by atoms with van der Waals surface area (Å²) in [7, 11) is 2.04. The maximum absolute atomic E-state index is 4.27. The van der Waals surface area contributed by atoms with Gasteiger partial charge in [0.05, 0.1) is 5.69 Å². The van der Waals surface area contributed by atoms with E-state index in [9.17, 15) is 0 Å². The molecule has 0 radical (unpaired) electrons. The van der Waals surface area contributed by atoms with Crippen LogP contribution in [0.3, 0.4) is 0 Å². The lowest BCUT2D eigenvalue weighted by molar-refractivity contribution is 0.166. The maximum atomic E-state index is 4.27. The molecule has 1 aromatic rings. The van der Waals surface area contributed by atoms with Crippen LogP contribution in [0.5, 0.6) is 0 Å². The largest absolute Gasteiger partial charge is 0.317 e. The molecule has 3 rings (SSSR count). The third-order valence-corrected chi connectivity index (χ3v) is 5.11. The Bertz CT molecular complexity index is 406. The standard InChI is InChI=1S/C15H26N4/c1-18-14(3-8-17-18)13-19-11-2-4-15(7-12-19)5-9-16-10-6-15/h3,8,16H,2,4-7,9-13H2,1H3. The second-order valence-corrected chi connectivity index (χ2v) is 6.33. The van der Waals surface area contributed by atoms with E-state index < -0.39 is 0 Å². The molecule has 0 saturated carbocycles.